The summed E-state index contributed by atoms with van der Waals surface area (Å²) in [6.45, 7) is 2.03. The van der Waals surface area contributed by atoms with Crippen molar-refractivity contribution in [3.63, 3.8) is 0 Å². The number of aliphatic hydroxyl groups is 1. The summed E-state index contributed by atoms with van der Waals surface area (Å²) >= 11 is 0. The summed E-state index contributed by atoms with van der Waals surface area (Å²) in [4.78, 5) is 37.0. The molecular formula is C20H28FN4O9P. The molecule has 2 aromatic rings. The quantitative estimate of drug-likeness (QED) is 0.164. The third kappa shape index (κ3) is 7.56. The standard InChI is InChI=1S/C20H28FN4O9P/c1-4-32-18(28)13(2)24-35(30,34-14-8-6-5-7-9-14)33-12-20(22,31-3)16(21)17(27)25-11-10-15(26)23-19(25)29/h5-11,13,16-17,27H,4,12,22H2,1-3H3,(H,24,30)(H,23,26,29)/t13-,16-,17+,20+,35?/m0/s1. The third-order valence-electron chi connectivity index (χ3n) is 4.67. The van der Waals surface area contributed by atoms with Crippen LogP contribution in [0.4, 0.5) is 4.39 Å². The van der Waals surface area contributed by atoms with E-state index in [-0.39, 0.29) is 12.4 Å². The van der Waals surface area contributed by atoms with Crippen LogP contribution in [0.25, 0.3) is 0 Å². The molecule has 0 bridgehead atoms. The minimum Gasteiger partial charge on any atom is -0.465 e. The normalized spacial score (nSPS) is 17.4. The van der Waals surface area contributed by atoms with Gasteiger partial charge in [-0.3, -0.25) is 29.4 Å². The highest BCUT2D eigenvalue weighted by atomic mass is 31.2. The van der Waals surface area contributed by atoms with Crippen LogP contribution in [-0.4, -0.2) is 58.9 Å². The Bertz CT molecular complexity index is 1150. The Hall–Kier alpha value is -2.87. The van der Waals surface area contributed by atoms with Crippen molar-refractivity contribution in [2.24, 2.45) is 5.73 Å². The molecule has 0 aliphatic rings. The van der Waals surface area contributed by atoms with Crippen molar-refractivity contribution >= 4 is 13.7 Å². The SMILES string of the molecule is CCOC(=O)[C@H](C)NP(=O)(OC[C@@](N)(OC)[C@@H](F)[C@@H](O)n1ccc(=O)[nH]c1=O)Oc1ccccc1. The smallest absolute Gasteiger partial charge is 0.459 e. The summed E-state index contributed by atoms with van der Waals surface area (Å²) in [7, 11) is -3.42. The molecule has 5 N–H and O–H groups in total. The molecule has 35 heavy (non-hydrogen) atoms. The number of carbonyl (C=O) groups is 1. The minimum absolute atomic E-state index is 0.0662. The molecule has 2 rings (SSSR count). The van der Waals surface area contributed by atoms with Crippen LogP contribution in [0.2, 0.25) is 0 Å². The number of carbonyl (C=O) groups excluding carboxylic acids is 1. The number of nitrogens with two attached hydrogens (primary N) is 1. The number of methoxy groups -OCH3 is 1. The molecule has 15 heteroatoms. The Morgan fingerprint density at radius 1 is 1.31 bits per heavy atom. The van der Waals surface area contributed by atoms with E-state index in [0.29, 0.717) is 4.57 Å². The molecule has 0 fully saturated rings. The Balaban J connectivity index is 2.27. The number of aromatic nitrogens is 2. The number of nitrogens with zero attached hydrogens (tertiary/aromatic N) is 1. The van der Waals surface area contributed by atoms with Gasteiger partial charge >= 0.3 is 19.4 Å². The lowest BCUT2D eigenvalue weighted by Gasteiger charge is -2.34. The van der Waals surface area contributed by atoms with Crippen LogP contribution < -0.4 is 26.6 Å². The number of rotatable bonds is 13. The number of para-hydroxylation sites is 1. The van der Waals surface area contributed by atoms with Crippen molar-refractivity contribution in [1.82, 2.24) is 14.6 Å². The first-order chi connectivity index (χ1) is 16.4. The van der Waals surface area contributed by atoms with E-state index in [1.54, 1.807) is 25.1 Å². The van der Waals surface area contributed by atoms with Gasteiger partial charge in [-0.2, -0.15) is 5.09 Å². The van der Waals surface area contributed by atoms with Crippen LogP contribution >= 0.6 is 7.75 Å². The van der Waals surface area contributed by atoms with Crippen LogP contribution in [-0.2, 0) is 23.4 Å². The van der Waals surface area contributed by atoms with Crippen molar-refractivity contribution in [3.05, 3.63) is 63.4 Å². The number of aliphatic hydroxyl groups excluding tert-OH is 1. The number of hydrogen-bond donors (Lipinski definition) is 4. The van der Waals surface area contributed by atoms with Gasteiger partial charge in [0, 0.05) is 19.4 Å². The van der Waals surface area contributed by atoms with E-state index in [0.717, 1.165) is 19.4 Å². The summed E-state index contributed by atoms with van der Waals surface area (Å²) < 4.78 is 49.8. The van der Waals surface area contributed by atoms with E-state index < -0.39 is 55.7 Å². The van der Waals surface area contributed by atoms with Gasteiger partial charge in [0.05, 0.1) is 6.61 Å². The highest BCUT2D eigenvalue weighted by Crippen LogP contribution is 2.46. The maximum Gasteiger partial charge on any atom is 0.459 e. The predicted molar refractivity (Wildman–Crippen MR) is 121 cm³/mol. The first kappa shape index (κ1) is 28.4. The summed E-state index contributed by atoms with van der Waals surface area (Å²) in [6.07, 6.45) is -3.88. The lowest BCUT2D eigenvalue weighted by atomic mass is 10.1. The molecule has 0 saturated carbocycles. The number of ether oxygens (including phenoxy) is 2. The van der Waals surface area contributed by atoms with E-state index in [4.69, 9.17) is 24.3 Å². The number of nitrogens with one attached hydrogen (secondary N) is 2. The number of alkyl halides is 1. The van der Waals surface area contributed by atoms with Crippen molar-refractivity contribution in [3.8, 4) is 5.75 Å². The molecule has 1 unspecified atom stereocenters. The number of halogens is 1. The number of esters is 1. The largest absolute Gasteiger partial charge is 0.465 e. The van der Waals surface area contributed by atoms with Crippen LogP contribution in [0.1, 0.15) is 20.1 Å². The van der Waals surface area contributed by atoms with Crippen LogP contribution in [0.3, 0.4) is 0 Å². The summed E-state index contributed by atoms with van der Waals surface area (Å²) in [5.74, 6) is -0.661. The van der Waals surface area contributed by atoms with Crippen molar-refractivity contribution in [2.75, 3.05) is 20.3 Å². The zero-order valence-corrected chi connectivity index (χ0v) is 20.1. The zero-order valence-electron chi connectivity index (χ0n) is 19.3. The molecule has 0 amide bonds. The number of H-pyrrole nitrogens is 1. The molecule has 1 aromatic carbocycles. The fraction of sp³-hybridized carbons (Fsp3) is 0.450. The van der Waals surface area contributed by atoms with Crippen molar-refractivity contribution in [1.29, 1.82) is 0 Å². The molecule has 1 aromatic heterocycles. The Kier molecular flexibility index (Phi) is 9.89. The van der Waals surface area contributed by atoms with Gasteiger partial charge in [-0.1, -0.05) is 18.2 Å². The van der Waals surface area contributed by atoms with E-state index in [9.17, 15) is 24.1 Å². The van der Waals surface area contributed by atoms with Gasteiger partial charge in [0.15, 0.2) is 18.1 Å². The van der Waals surface area contributed by atoms with Gasteiger partial charge in [-0.25, -0.2) is 13.8 Å². The highest BCUT2D eigenvalue weighted by molar-refractivity contribution is 7.52. The van der Waals surface area contributed by atoms with Gasteiger partial charge in [-0.15, -0.1) is 0 Å². The fourth-order valence-electron chi connectivity index (χ4n) is 2.73. The van der Waals surface area contributed by atoms with Gasteiger partial charge in [0.1, 0.15) is 18.4 Å². The predicted octanol–water partition coefficient (Wildman–Crippen LogP) is 0.412. The highest BCUT2D eigenvalue weighted by Gasteiger charge is 2.45. The topological polar surface area (TPSA) is 184 Å². The maximum absolute atomic E-state index is 15.2. The van der Waals surface area contributed by atoms with Crippen LogP contribution in [0.5, 0.6) is 5.75 Å². The van der Waals surface area contributed by atoms with E-state index in [1.165, 1.54) is 19.1 Å². The van der Waals surface area contributed by atoms with Gasteiger partial charge in [-0.05, 0) is 26.0 Å². The molecule has 0 aliphatic carbocycles. The Morgan fingerprint density at radius 2 is 1.97 bits per heavy atom. The van der Waals surface area contributed by atoms with Crippen LogP contribution in [0.15, 0.2) is 52.2 Å². The van der Waals surface area contributed by atoms with Crippen molar-refractivity contribution in [2.45, 2.75) is 38.0 Å². The molecule has 0 aliphatic heterocycles. The summed E-state index contributed by atoms with van der Waals surface area (Å²) in [5.41, 5.74) is 1.61. The van der Waals surface area contributed by atoms with E-state index in [2.05, 4.69) is 5.09 Å². The maximum atomic E-state index is 15.2. The summed E-state index contributed by atoms with van der Waals surface area (Å²) in [5, 5.41) is 12.7. The molecule has 5 atom stereocenters. The van der Waals surface area contributed by atoms with Gasteiger partial charge in [0.2, 0.25) is 0 Å². The van der Waals surface area contributed by atoms with Gasteiger partial charge < -0.3 is 19.1 Å². The van der Waals surface area contributed by atoms with Crippen LogP contribution in [0, 0.1) is 0 Å². The molecule has 0 spiro atoms. The summed E-state index contributed by atoms with van der Waals surface area (Å²) in [6, 6.07) is 7.51. The Morgan fingerprint density at radius 3 is 2.54 bits per heavy atom. The second kappa shape index (κ2) is 12.2. The molecular weight excluding hydrogens is 490 g/mol. The number of hydrogen-bond acceptors (Lipinski definition) is 10. The second-order valence-corrected chi connectivity index (χ2v) is 8.96. The average Bonchev–Trinajstić information content (AvgIpc) is 2.82. The Labute approximate surface area is 199 Å². The fourth-order valence-corrected chi connectivity index (χ4v) is 4.26. The van der Waals surface area contributed by atoms with E-state index in [1.807, 2.05) is 4.98 Å². The lowest BCUT2D eigenvalue weighted by Crippen LogP contribution is -2.58. The molecule has 1 heterocycles. The van der Waals surface area contributed by atoms with Crippen molar-refractivity contribution < 1.29 is 37.4 Å². The molecule has 0 saturated heterocycles. The number of benzene rings is 1. The average molecular weight is 518 g/mol. The first-order valence-corrected chi connectivity index (χ1v) is 11.9. The monoisotopic (exact) mass is 518 g/mol. The lowest BCUT2D eigenvalue weighted by molar-refractivity contribution is -0.146. The molecule has 0 radical (unpaired) electrons. The number of aromatic amines is 1. The molecule has 194 valence electrons. The third-order valence-corrected chi connectivity index (χ3v) is 6.29. The van der Waals surface area contributed by atoms with E-state index >= 15 is 4.39 Å². The van der Waals surface area contributed by atoms with Gasteiger partial charge in [0.25, 0.3) is 5.56 Å². The molecule has 13 nitrogen and oxygen atoms in total. The zero-order chi connectivity index (χ0) is 26.2. The second-order valence-electron chi connectivity index (χ2n) is 7.27. The minimum atomic E-state index is -4.42. The first-order valence-electron chi connectivity index (χ1n) is 10.4.